The molecule has 0 radical (unpaired) electrons. The highest BCUT2D eigenvalue weighted by Gasteiger charge is 2.06. The number of guanidine groups is 1. The molecule has 1 aromatic carbocycles. The molecule has 0 aliphatic rings. The molecule has 1 N–H and O–H groups in total. The van der Waals surface area contributed by atoms with Crippen molar-refractivity contribution in [1.82, 2.24) is 20.0 Å². The first-order valence-corrected chi connectivity index (χ1v) is 7.82. The number of aliphatic imine (C=N–C) groups is 1. The van der Waals surface area contributed by atoms with Crippen LogP contribution in [0.2, 0.25) is 0 Å². The van der Waals surface area contributed by atoms with Gasteiger partial charge in [-0.05, 0) is 30.7 Å². The third kappa shape index (κ3) is 6.38. The zero-order valence-corrected chi connectivity index (χ0v) is 16.8. The molecule has 2 rings (SSSR count). The average Bonchev–Trinajstić information content (AvgIpc) is 3.08. The lowest BCUT2D eigenvalue weighted by molar-refractivity contribution is 0.414. The van der Waals surface area contributed by atoms with Gasteiger partial charge in [-0.2, -0.15) is 5.10 Å². The number of nitrogens with one attached hydrogen (secondary N) is 1. The Hall–Kier alpha value is -1.77. The molecule has 0 bridgehead atoms. The van der Waals surface area contributed by atoms with Crippen molar-refractivity contribution < 1.29 is 4.74 Å². The van der Waals surface area contributed by atoms with E-state index >= 15 is 0 Å². The third-order valence-electron chi connectivity index (χ3n) is 3.43. The van der Waals surface area contributed by atoms with Crippen molar-refractivity contribution >= 4 is 29.9 Å². The fourth-order valence-electron chi connectivity index (χ4n) is 2.24. The number of ether oxygens (including phenoxy) is 1. The zero-order chi connectivity index (χ0) is 16.5. The van der Waals surface area contributed by atoms with Crippen LogP contribution < -0.4 is 10.1 Å². The first-order chi connectivity index (χ1) is 11.2. The highest BCUT2D eigenvalue weighted by molar-refractivity contribution is 14.0. The van der Waals surface area contributed by atoms with Crippen LogP contribution in [-0.4, -0.2) is 47.9 Å². The van der Waals surface area contributed by atoms with Crippen LogP contribution in [0.3, 0.4) is 0 Å². The topological polar surface area (TPSA) is 54.7 Å². The van der Waals surface area contributed by atoms with Gasteiger partial charge in [-0.3, -0.25) is 9.67 Å². The number of hydrogen-bond donors (Lipinski definition) is 1. The second kappa shape index (κ2) is 10.9. The smallest absolute Gasteiger partial charge is 0.194 e. The van der Waals surface area contributed by atoms with Crippen LogP contribution in [0.15, 0.2) is 47.7 Å². The monoisotopic (exact) mass is 443 g/mol. The van der Waals surface area contributed by atoms with Crippen LogP contribution in [0.1, 0.15) is 12.5 Å². The quantitative estimate of drug-likeness (QED) is 0.406. The zero-order valence-electron chi connectivity index (χ0n) is 14.5. The molecule has 0 amide bonds. The van der Waals surface area contributed by atoms with Crippen LogP contribution in [0.25, 0.3) is 0 Å². The van der Waals surface area contributed by atoms with Crippen molar-refractivity contribution in [1.29, 1.82) is 0 Å². The summed E-state index contributed by atoms with van der Waals surface area (Å²) in [5.74, 6) is 1.77. The molecule has 0 aliphatic heterocycles. The van der Waals surface area contributed by atoms with Gasteiger partial charge in [-0.15, -0.1) is 24.0 Å². The van der Waals surface area contributed by atoms with Crippen LogP contribution in [-0.2, 0) is 13.1 Å². The Balaban J connectivity index is 0.00000288. The van der Waals surface area contributed by atoms with Crippen LogP contribution in [0.4, 0.5) is 0 Å². The maximum absolute atomic E-state index is 5.19. The minimum absolute atomic E-state index is 0. The number of aromatic nitrogens is 2. The minimum Gasteiger partial charge on any atom is -0.497 e. The van der Waals surface area contributed by atoms with Gasteiger partial charge in [0, 0.05) is 32.5 Å². The lowest BCUT2D eigenvalue weighted by Gasteiger charge is -2.22. The second-order valence-corrected chi connectivity index (χ2v) is 5.21. The van der Waals surface area contributed by atoms with Gasteiger partial charge in [-0.25, -0.2) is 0 Å². The molecule has 0 aliphatic carbocycles. The molecule has 0 saturated carbocycles. The van der Waals surface area contributed by atoms with Crippen molar-refractivity contribution in [3.8, 4) is 5.75 Å². The summed E-state index contributed by atoms with van der Waals surface area (Å²) in [7, 11) is 3.72. The Kier molecular flexibility index (Phi) is 9.21. The summed E-state index contributed by atoms with van der Waals surface area (Å²) in [5.41, 5.74) is 1.21. The molecule has 1 heterocycles. The van der Waals surface area contributed by atoms with Gasteiger partial charge in [0.15, 0.2) is 5.96 Å². The summed E-state index contributed by atoms with van der Waals surface area (Å²) in [5, 5.41) is 7.52. The molecule has 0 spiro atoms. The van der Waals surface area contributed by atoms with Gasteiger partial charge in [0.1, 0.15) is 5.75 Å². The maximum atomic E-state index is 5.19. The van der Waals surface area contributed by atoms with Gasteiger partial charge in [-0.1, -0.05) is 12.1 Å². The van der Waals surface area contributed by atoms with Crippen molar-refractivity contribution in [3.63, 3.8) is 0 Å². The standard InChI is InChI=1S/C17H25N5O.HI/c1-4-18-17(19-11-13-22-12-5-10-20-22)21(2)14-15-6-8-16(23-3)9-7-15;/h5-10,12H,4,11,13-14H2,1-3H3,(H,18,19);1H. The number of methoxy groups -OCH3 is 1. The fraction of sp³-hybridized carbons (Fsp3) is 0.412. The highest BCUT2D eigenvalue weighted by atomic mass is 127. The van der Waals surface area contributed by atoms with Gasteiger partial charge in [0.25, 0.3) is 0 Å². The Labute approximate surface area is 160 Å². The van der Waals surface area contributed by atoms with E-state index in [0.29, 0.717) is 6.54 Å². The first-order valence-electron chi connectivity index (χ1n) is 7.82. The van der Waals surface area contributed by atoms with Crippen molar-refractivity contribution in [2.75, 3.05) is 27.2 Å². The highest BCUT2D eigenvalue weighted by Crippen LogP contribution is 2.12. The normalized spacial score (nSPS) is 10.9. The van der Waals surface area contributed by atoms with Crippen LogP contribution in [0, 0.1) is 0 Å². The molecular weight excluding hydrogens is 417 g/mol. The van der Waals surface area contributed by atoms with E-state index in [4.69, 9.17) is 4.74 Å². The molecular formula is C17H26IN5O. The molecule has 24 heavy (non-hydrogen) atoms. The van der Waals surface area contributed by atoms with E-state index < -0.39 is 0 Å². The van der Waals surface area contributed by atoms with Crippen LogP contribution >= 0.6 is 24.0 Å². The summed E-state index contributed by atoms with van der Waals surface area (Å²) >= 11 is 0. The molecule has 0 atom stereocenters. The van der Waals surface area contributed by atoms with Crippen molar-refractivity contribution in [2.45, 2.75) is 20.0 Å². The Morgan fingerprint density at radius 3 is 2.67 bits per heavy atom. The number of hydrogen-bond acceptors (Lipinski definition) is 3. The third-order valence-corrected chi connectivity index (χ3v) is 3.43. The van der Waals surface area contributed by atoms with Crippen molar-refractivity contribution in [3.05, 3.63) is 48.3 Å². The summed E-state index contributed by atoms with van der Waals surface area (Å²) in [6, 6.07) is 10.0. The number of nitrogens with zero attached hydrogens (tertiary/aromatic N) is 4. The summed E-state index contributed by atoms with van der Waals surface area (Å²) in [4.78, 5) is 6.78. The first kappa shape index (κ1) is 20.3. The predicted molar refractivity (Wildman–Crippen MR) is 108 cm³/mol. The van der Waals surface area contributed by atoms with E-state index in [-0.39, 0.29) is 24.0 Å². The number of halogens is 1. The molecule has 6 nitrogen and oxygen atoms in total. The van der Waals surface area contributed by atoms with E-state index in [1.165, 1.54) is 5.56 Å². The van der Waals surface area contributed by atoms with E-state index in [1.54, 1.807) is 13.3 Å². The Bertz CT molecular complexity index is 598. The van der Waals surface area contributed by atoms with Crippen LogP contribution in [0.5, 0.6) is 5.75 Å². The van der Waals surface area contributed by atoms with E-state index in [1.807, 2.05) is 36.1 Å². The largest absolute Gasteiger partial charge is 0.497 e. The van der Waals surface area contributed by atoms with Gasteiger partial charge in [0.2, 0.25) is 0 Å². The molecule has 7 heteroatoms. The molecule has 2 aromatic rings. The summed E-state index contributed by atoms with van der Waals surface area (Å²) < 4.78 is 7.08. The lowest BCUT2D eigenvalue weighted by atomic mass is 10.2. The molecule has 132 valence electrons. The van der Waals surface area contributed by atoms with E-state index in [2.05, 4.69) is 39.4 Å². The molecule has 0 unspecified atom stereocenters. The number of benzene rings is 1. The molecule has 0 fully saturated rings. The van der Waals surface area contributed by atoms with E-state index in [0.717, 1.165) is 31.3 Å². The molecule has 0 saturated heterocycles. The summed E-state index contributed by atoms with van der Waals surface area (Å²) in [6.07, 6.45) is 3.73. The van der Waals surface area contributed by atoms with Crippen molar-refractivity contribution in [2.24, 2.45) is 4.99 Å². The van der Waals surface area contributed by atoms with Gasteiger partial charge < -0.3 is 15.0 Å². The lowest BCUT2D eigenvalue weighted by Crippen LogP contribution is -2.38. The Morgan fingerprint density at radius 2 is 2.08 bits per heavy atom. The van der Waals surface area contributed by atoms with Gasteiger partial charge in [0.05, 0.1) is 20.2 Å². The number of rotatable bonds is 7. The average molecular weight is 443 g/mol. The SMILES string of the molecule is CCNC(=NCCn1cccn1)N(C)Cc1ccc(OC)cc1.I. The fourth-order valence-corrected chi connectivity index (χ4v) is 2.24. The van der Waals surface area contributed by atoms with Gasteiger partial charge >= 0.3 is 0 Å². The second-order valence-electron chi connectivity index (χ2n) is 5.21. The predicted octanol–water partition coefficient (Wildman–Crippen LogP) is 2.61. The maximum Gasteiger partial charge on any atom is 0.194 e. The molecule has 1 aromatic heterocycles. The van der Waals surface area contributed by atoms with E-state index in [9.17, 15) is 0 Å². The summed E-state index contributed by atoms with van der Waals surface area (Å²) in [6.45, 7) is 5.17. The Morgan fingerprint density at radius 1 is 1.33 bits per heavy atom. The minimum atomic E-state index is 0.